The van der Waals surface area contributed by atoms with Crippen LogP contribution in [-0.2, 0) is 31.4 Å². The molecule has 1 saturated heterocycles. The molecule has 34 heavy (non-hydrogen) atoms. The molecule has 1 fully saturated rings. The highest BCUT2D eigenvalue weighted by molar-refractivity contribution is 8.15. The lowest BCUT2D eigenvalue weighted by Gasteiger charge is -2.15. The summed E-state index contributed by atoms with van der Waals surface area (Å²) in [5.74, 6) is 0.188. The Labute approximate surface area is 201 Å². The van der Waals surface area contributed by atoms with E-state index >= 15 is 0 Å². The lowest BCUT2D eigenvalue weighted by Crippen LogP contribution is -2.26. The average Bonchev–Trinajstić information content (AvgIpc) is 3.17. The fourth-order valence-corrected chi connectivity index (χ4v) is 4.64. The van der Waals surface area contributed by atoms with E-state index in [-0.39, 0.29) is 29.9 Å². The van der Waals surface area contributed by atoms with Crippen LogP contribution < -0.4 is 20.1 Å². The predicted molar refractivity (Wildman–Crippen MR) is 126 cm³/mol. The Morgan fingerprint density at radius 2 is 1.74 bits per heavy atom. The minimum Gasteiger partial charge on any atom is -0.496 e. The van der Waals surface area contributed by atoms with Gasteiger partial charge in [0.2, 0.25) is 5.91 Å². The molecular formula is C22H25N2O8PS. The van der Waals surface area contributed by atoms with Crippen LogP contribution in [0.1, 0.15) is 21.5 Å². The number of hydrogen-bond donors (Lipinski definition) is 2. The molecule has 0 spiro atoms. The van der Waals surface area contributed by atoms with Crippen molar-refractivity contribution in [3.8, 4) is 11.5 Å². The summed E-state index contributed by atoms with van der Waals surface area (Å²) in [6.45, 7) is 0.247. The summed E-state index contributed by atoms with van der Waals surface area (Å²) >= 11 is 0.937. The van der Waals surface area contributed by atoms with Crippen molar-refractivity contribution in [2.45, 2.75) is 18.2 Å². The van der Waals surface area contributed by atoms with Crippen molar-refractivity contribution < 1.29 is 37.5 Å². The molecule has 182 valence electrons. The highest BCUT2D eigenvalue weighted by Crippen LogP contribution is 2.46. The van der Waals surface area contributed by atoms with Crippen LogP contribution in [0, 0.1) is 0 Å². The van der Waals surface area contributed by atoms with E-state index < -0.39 is 12.8 Å². The molecule has 1 aliphatic rings. The van der Waals surface area contributed by atoms with Crippen LogP contribution in [0.4, 0.5) is 4.79 Å². The molecule has 2 aromatic rings. The second-order valence-corrected chi connectivity index (χ2v) is 10.6. The Balaban J connectivity index is 1.61. The second-order valence-electron chi connectivity index (χ2n) is 7.20. The summed E-state index contributed by atoms with van der Waals surface area (Å²) in [5, 5.41) is 4.19. The third-order valence-electron chi connectivity index (χ3n) is 5.02. The number of benzene rings is 2. The van der Waals surface area contributed by atoms with Crippen LogP contribution >= 0.6 is 19.4 Å². The van der Waals surface area contributed by atoms with E-state index in [1.165, 1.54) is 21.3 Å². The maximum atomic E-state index is 12.8. The molecule has 10 nitrogen and oxygen atoms in total. The van der Waals surface area contributed by atoms with Gasteiger partial charge in [-0.25, -0.2) is 0 Å². The monoisotopic (exact) mass is 508 g/mol. The second kappa shape index (κ2) is 11.5. The zero-order valence-corrected chi connectivity index (χ0v) is 20.6. The number of imide groups is 1. The molecule has 2 aromatic carbocycles. The summed E-state index contributed by atoms with van der Waals surface area (Å²) in [6, 6.07) is 12.0. The first-order valence-corrected chi connectivity index (χ1v) is 12.8. The fourth-order valence-electron chi connectivity index (χ4n) is 3.12. The van der Waals surface area contributed by atoms with Crippen molar-refractivity contribution in [3.05, 3.63) is 59.2 Å². The van der Waals surface area contributed by atoms with E-state index in [1.54, 1.807) is 42.5 Å². The summed E-state index contributed by atoms with van der Waals surface area (Å²) in [6.07, 6.45) is 0.0917. The van der Waals surface area contributed by atoms with E-state index in [1.807, 2.05) is 0 Å². The largest absolute Gasteiger partial charge is 0.496 e. The number of carbonyl (C=O) groups is 3. The predicted octanol–water partition coefficient (Wildman–Crippen LogP) is 3.34. The van der Waals surface area contributed by atoms with Gasteiger partial charge in [-0.15, -0.1) is 0 Å². The van der Waals surface area contributed by atoms with Crippen molar-refractivity contribution in [1.29, 1.82) is 0 Å². The SMILES string of the molecule is COc1ccc(CC2SC(=O)NC2=O)cc1C(=O)NCc1ccc(OCP(=O)(OC)OC)cc1. The van der Waals surface area contributed by atoms with Gasteiger partial charge in [0.25, 0.3) is 11.1 Å². The number of hydrogen-bond acceptors (Lipinski definition) is 9. The van der Waals surface area contributed by atoms with Crippen LogP contribution in [0.25, 0.3) is 0 Å². The minimum atomic E-state index is -3.28. The van der Waals surface area contributed by atoms with Crippen LogP contribution in [0.3, 0.4) is 0 Å². The first-order chi connectivity index (χ1) is 16.3. The number of thioether (sulfide) groups is 1. The van der Waals surface area contributed by atoms with Crippen molar-refractivity contribution in [1.82, 2.24) is 10.6 Å². The van der Waals surface area contributed by atoms with Gasteiger partial charge >= 0.3 is 7.60 Å². The summed E-state index contributed by atoms with van der Waals surface area (Å²) in [4.78, 5) is 36.1. The Kier molecular flexibility index (Phi) is 8.73. The molecule has 2 N–H and O–H groups in total. The van der Waals surface area contributed by atoms with E-state index in [9.17, 15) is 18.9 Å². The van der Waals surface area contributed by atoms with Crippen LogP contribution in [0.15, 0.2) is 42.5 Å². The molecule has 0 aliphatic carbocycles. The molecule has 1 aliphatic heterocycles. The van der Waals surface area contributed by atoms with Crippen molar-refractivity contribution >= 4 is 36.4 Å². The van der Waals surface area contributed by atoms with E-state index in [0.717, 1.165) is 22.9 Å². The highest BCUT2D eigenvalue weighted by Gasteiger charge is 2.31. The third-order valence-corrected chi connectivity index (χ3v) is 7.56. The van der Waals surface area contributed by atoms with Crippen LogP contribution in [0.2, 0.25) is 0 Å². The molecule has 0 bridgehead atoms. The first kappa shape index (κ1) is 25.8. The van der Waals surface area contributed by atoms with E-state index in [2.05, 4.69) is 10.6 Å². The molecule has 0 saturated carbocycles. The van der Waals surface area contributed by atoms with Gasteiger partial charge in [0.1, 0.15) is 11.5 Å². The summed E-state index contributed by atoms with van der Waals surface area (Å²) in [7, 11) is 0.764. The summed E-state index contributed by atoms with van der Waals surface area (Å²) < 4.78 is 32.5. The maximum Gasteiger partial charge on any atom is 0.367 e. The van der Waals surface area contributed by atoms with Crippen molar-refractivity contribution in [2.75, 3.05) is 27.7 Å². The van der Waals surface area contributed by atoms with Gasteiger partial charge in [0.15, 0.2) is 6.35 Å². The number of amides is 3. The molecule has 1 unspecified atom stereocenters. The molecular weight excluding hydrogens is 483 g/mol. The first-order valence-electron chi connectivity index (χ1n) is 10.2. The Morgan fingerprint density at radius 1 is 1.06 bits per heavy atom. The topological polar surface area (TPSA) is 129 Å². The minimum absolute atomic E-state index is 0.221. The van der Waals surface area contributed by atoms with Gasteiger partial charge in [-0.3, -0.25) is 24.3 Å². The number of nitrogens with one attached hydrogen (secondary N) is 2. The quantitative estimate of drug-likeness (QED) is 0.439. The standard InChI is InChI=1S/C22H25N2O8PS/c1-29-18-9-6-15(11-19-21(26)24-22(27)34-19)10-17(18)20(25)23-12-14-4-7-16(8-5-14)32-13-33(28,30-2)31-3/h4-10,19H,11-13H2,1-3H3,(H,23,25)(H,24,26,27). The van der Waals surface area contributed by atoms with Gasteiger partial charge in [-0.2, -0.15) is 0 Å². The molecule has 1 heterocycles. The lowest BCUT2D eigenvalue weighted by atomic mass is 10.0. The molecule has 12 heteroatoms. The van der Waals surface area contributed by atoms with Crippen LogP contribution in [0.5, 0.6) is 11.5 Å². The Morgan fingerprint density at radius 3 is 2.32 bits per heavy atom. The van der Waals surface area contributed by atoms with Gasteiger partial charge in [0.05, 0.1) is 17.9 Å². The zero-order valence-electron chi connectivity index (χ0n) is 18.9. The Hall–Kier alpha value is -2.85. The van der Waals surface area contributed by atoms with Gasteiger partial charge in [-0.1, -0.05) is 30.0 Å². The Bertz CT molecular complexity index is 1100. The van der Waals surface area contributed by atoms with Gasteiger partial charge < -0.3 is 23.8 Å². The molecule has 3 rings (SSSR count). The summed E-state index contributed by atoms with van der Waals surface area (Å²) in [5.41, 5.74) is 1.87. The molecule has 3 amide bonds. The molecule has 1 atom stereocenters. The number of carbonyl (C=O) groups excluding carboxylic acids is 3. The highest BCUT2D eigenvalue weighted by atomic mass is 32.2. The smallest absolute Gasteiger partial charge is 0.367 e. The number of ether oxygens (including phenoxy) is 2. The zero-order chi connectivity index (χ0) is 24.7. The maximum absolute atomic E-state index is 12.8. The average molecular weight is 508 g/mol. The van der Waals surface area contributed by atoms with Crippen LogP contribution in [-0.4, -0.2) is 50.0 Å². The molecule has 0 aromatic heterocycles. The van der Waals surface area contributed by atoms with E-state index in [0.29, 0.717) is 23.5 Å². The van der Waals surface area contributed by atoms with Crippen molar-refractivity contribution in [3.63, 3.8) is 0 Å². The third kappa shape index (κ3) is 6.60. The molecule has 0 radical (unpaired) electrons. The van der Waals surface area contributed by atoms with Gasteiger partial charge in [-0.05, 0) is 41.8 Å². The van der Waals surface area contributed by atoms with Gasteiger partial charge in [0, 0.05) is 20.8 Å². The van der Waals surface area contributed by atoms with Crippen molar-refractivity contribution in [2.24, 2.45) is 0 Å². The number of methoxy groups -OCH3 is 1. The number of rotatable bonds is 11. The lowest BCUT2D eigenvalue weighted by molar-refractivity contribution is -0.118. The normalized spacial score (nSPS) is 15.7. The van der Waals surface area contributed by atoms with E-state index in [4.69, 9.17) is 18.5 Å². The fraction of sp³-hybridized carbons (Fsp3) is 0.318.